The molecule has 0 radical (unpaired) electrons. The number of amidine groups is 1. The van der Waals surface area contributed by atoms with Crippen molar-refractivity contribution >= 4 is 5.84 Å². The van der Waals surface area contributed by atoms with Gasteiger partial charge in [0.2, 0.25) is 0 Å². The van der Waals surface area contributed by atoms with Crippen LogP contribution >= 0.6 is 0 Å². The third-order valence-electron chi connectivity index (χ3n) is 2.57. The molecule has 0 heterocycles. The van der Waals surface area contributed by atoms with E-state index in [1.165, 1.54) is 0 Å². The van der Waals surface area contributed by atoms with Crippen LogP contribution in [0.15, 0.2) is 17.3 Å². The first-order chi connectivity index (χ1) is 7.10. The standard InChI is InChI=1S/C11H16N2O2/c1-7-8(2)10(15-3)5-4-9(7)6-11(12)13-14/h4-5,14H,6H2,1-3H3,(H2,12,13). The Balaban J connectivity index is 3.07. The Morgan fingerprint density at radius 2 is 2.07 bits per heavy atom. The second-order valence-electron chi connectivity index (χ2n) is 3.45. The van der Waals surface area contributed by atoms with E-state index in [1.807, 2.05) is 26.0 Å². The number of nitrogens with two attached hydrogens (primary N) is 1. The third kappa shape index (κ3) is 2.40. The number of hydrogen-bond acceptors (Lipinski definition) is 3. The summed E-state index contributed by atoms with van der Waals surface area (Å²) in [7, 11) is 1.64. The van der Waals surface area contributed by atoms with Gasteiger partial charge in [0.05, 0.1) is 7.11 Å². The lowest BCUT2D eigenvalue weighted by atomic mass is 10.00. The summed E-state index contributed by atoms with van der Waals surface area (Å²) in [5.74, 6) is 1.07. The molecule has 0 bridgehead atoms. The molecule has 0 unspecified atom stereocenters. The molecule has 0 spiro atoms. The van der Waals surface area contributed by atoms with E-state index >= 15 is 0 Å². The van der Waals surface area contributed by atoms with Crippen LogP contribution in [0.5, 0.6) is 5.75 Å². The van der Waals surface area contributed by atoms with Crippen LogP contribution in [0, 0.1) is 13.8 Å². The molecular weight excluding hydrogens is 192 g/mol. The average molecular weight is 208 g/mol. The summed E-state index contributed by atoms with van der Waals surface area (Å²) in [6, 6.07) is 3.82. The van der Waals surface area contributed by atoms with Gasteiger partial charge in [-0.05, 0) is 36.6 Å². The highest BCUT2D eigenvalue weighted by Gasteiger charge is 2.07. The van der Waals surface area contributed by atoms with Crippen LogP contribution < -0.4 is 10.5 Å². The maximum absolute atomic E-state index is 8.50. The van der Waals surface area contributed by atoms with Crippen molar-refractivity contribution in [2.45, 2.75) is 20.3 Å². The van der Waals surface area contributed by atoms with Gasteiger partial charge < -0.3 is 15.7 Å². The van der Waals surface area contributed by atoms with Crippen LogP contribution in [0.1, 0.15) is 16.7 Å². The zero-order valence-electron chi connectivity index (χ0n) is 9.24. The molecule has 1 aromatic carbocycles. The first-order valence-corrected chi connectivity index (χ1v) is 4.69. The molecule has 0 aliphatic rings. The molecule has 82 valence electrons. The van der Waals surface area contributed by atoms with Crippen molar-refractivity contribution < 1.29 is 9.94 Å². The summed E-state index contributed by atoms with van der Waals surface area (Å²) < 4.78 is 5.20. The van der Waals surface area contributed by atoms with E-state index in [1.54, 1.807) is 7.11 Å². The lowest BCUT2D eigenvalue weighted by Gasteiger charge is -2.11. The van der Waals surface area contributed by atoms with E-state index < -0.39 is 0 Å². The summed E-state index contributed by atoms with van der Waals surface area (Å²) in [5.41, 5.74) is 8.70. The van der Waals surface area contributed by atoms with Crippen molar-refractivity contribution in [2.75, 3.05) is 7.11 Å². The molecule has 15 heavy (non-hydrogen) atoms. The van der Waals surface area contributed by atoms with Crippen LogP contribution in [-0.4, -0.2) is 18.2 Å². The smallest absolute Gasteiger partial charge is 0.143 e. The van der Waals surface area contributed by atoms with E-state index in [2.05, 4.69) is 5.16 Å². The van der Waals surface area contributed by atoms with Gasteiger partial charge in [-0.1, -0.05) is 11.2 Å². The largest absolute Gasteiger partial charge is 0.496 e. The van der Waals surface area contributed by atoms with E-state index in [4.69, 9.17) is 15.7 Å². The SMILES string of the molecule is COc1ccc(CC(N)=NO)c(C)c1C. The second kappa shape index (κ2) is 4.68. The normalized spacial score (nSPS) is 11.5. The van der Waals surface area contributed by atoms with Crippen LogP contribution in [0.3, 0.4) is 0 Å². The molecule has 0 aliphatic heterocycles. The van der Waals surface area contributed by atoms with Crippen molar-refractivity contribution in [3.8, 4) is 5.75 Å². The zero-order chi connectivity index (χ0) is 11.4. The Kier molecular flexibility index (Phi) is 3.55. The summed E-state index contributed by atoms with van der Waals surface area (Å²) in [4.78, 5) is 0. The van der Waals surface area contributed by atoms with Gasteiger partial charge in [0.25, 0.3) is 0 Å². The molecule has 0 aliphatic carbocycles. The number of rotatable bonds is 3. The molecule has 0 aromatic heterocycles. The predicted molar refractivity (Wildman–Crippen MR) is 59.6 cm³/mol. The number of benzene rings is 1. The summed E-state index contributed by atoms with van der Waals surface area (Å²) >= 11 is 0. The molecule has 0 fully saturated rings. The molecule has 3 N–H and O–H groups in total. The number of nitrogens with zero attached hydrogens (tertiary/aromatic N) is 1. The summed E-state index contributed by atoms with van der Waals surface area (Å²) in [5, 5.41) is 11.5. The van der Waals surface area contributed by atoms with Gasteiger partial charge in [0, 0.05) is 6.42 Å². The maximum Gasteiger partial charge on any atom is 0.143 e. The highest BCUT2D eigenvalue weighted by Crippen LogP contribution is 2.24. The lowest BCUT2D eigenvalue weighted by molar-refractivity contribution is 0.317. The third-order valence-corrected chi connectivity index (χ3v) is 2.57. The van der Waals surface area contributed by atoms with Gasteiger partial charge >= 0.3 is 0 Å². The Morgan fingerprint density at radius 3 is 2.60 bits per heavy atom. The number of hydrogen-bond donors (Lipinski definition) is 2. The Labute approximate surface area is 89.4 Å². The maximum atomic E-state index is 8.50. The fraction of sp³-hybridized carbons (Fsp3) is 0.364. The quantitative estimate of drug-likeness (QED) is 0.343. The molecule has 0 saturated heterocycles. The van der Waals surface area contributed by atoms with E-state index in [9.17, 15) is 0 Å². The fourth-order valence-electron chi connectivity index (χ4n) is 1.50. The van der Waals surface area contributed by atoms with Gasteiger partial charge in [0.1, 0.15) is 11.6 Å². The lowest BCUT2D eigenvalue weighted by Crippen LogP contribution is -2.15. The van der Waals surface area contributed by atoms with E-state index in [-0.39, 0.29) is 5.84 Å². The molecule has 1 aromatic rings. The summed E-state index contributed by atoms with van der Waals surface area (Å²) in [6.07, 6.45) is 0.452. The highest BCUT2D eigenvalue weighted by atomic mass is 16.5. The van der Waals surface area contributed by atoms with Gasteiger partial charge in [0.15, 0.2) is 0 Å². The Bertz CT molecular complexity index is 386. The predicted octanol–water partition coefficient (Wildman–Crippen LogP) is 1.60. The van der Waals surface area contributed by atoms with Gasteiger partial charge in [-0.25, -0.2) is 0 Å². The van der Waals surface area contributed by atoms with Crippen LogP contribution in [0.4, 0.5) is 0 Å². The van der Waals surface area contributed by atoms with E-state index in [0.29, 0.717) is 6.42 Å². The van der Waals surface area contributed by atoms with Crippen molar-refractivity contribution in [1.29, 1.82) is 0 Å². The molecule has 4 nitrogen and oxygen atoms in total. The fourth-order valence-corrected chi connectivity index (χ4v) is 1.50. The minimum absolute atomic E-state index is 0.211. The van der Waals surface area contributed by atoms with Crippen molar-refractivity contribution in [3.63, 3.8) is 0 Å². The van der Waals surface area contributed by atoms with Gasteiger partial charge in [-0.3, -0.25) is 0 Å². The zero-order valence-corrected chi connectivity index (χ0v) is 9.24. The highest BCUT2D eigenvalue weighted by molar-refractivity contribution is 5.82. The van der Waals surface area contributed by atoms with E-state index in [0.717, 1.165) is 22.4 Å². The monoisotopic (exact) mass is 208 g/mol. The number of oxime groups is 1. The molecule has 4 heteroatoms. The minimum Gasteiger partial charge on any atom is -0.496 e. The Hall–Kier alpha value is -1.71. The van der Waals surface area contributed by atoms with Crippen LogP contribution in [0.2, 0.25) is 0 Å². The average Bonchev–Trinajstić information content (AvgIpc) is 2.25. The van der Waals surface area contributed by atoms with Crippen molar-refractivity contribution in [2.24, 2.45) is 10.9 Å². The summed E-state index contributed by atoms with van der Waals surface area (Å²) in [6.45, 7) is 3.99. The molecule has 0 amide bonds. The first kappa shape index (κ1) is 11.4. The van der Waals surface area contributed by atoms with Gasteiger partial charge in [-0.15, -0.1) is 0 Å². The Morgan fingerprint density at radius 1 is 1.40 bits per heavy atom. The minimum atomic E-state index is 0.211. The molecule has 1 rings (SSSR count). The molecule has 0 atom stereocenters. The molecular formula is C11H16N2O2. The number of ether oxygens (including phenoxy) is 1. The second-order valence-corrected chi connectivity index (χ2v) is 3.45. The molecule has 0 saturated carbocycles. The van der Waals surface area contributed by atoms with Crippen LogP contribution in [-0.2, 0) is 6.42 Å². The number of methoxy groups -OCH3 is 1. The van der Waals surface area contributed by atoms with Crippen molar-refractivity contribution in [1.82, 2.24) is 0 Å². The van der Waals surface area contributed by atoms with Crippen LogP contribution in [0.25, 0.3) is 0 Å². The van der Waals surface area contributed by atoms with Crippen molar-refractivity contribution in [3.05, 3.63) is 28.8 Å². The van der Waals surface area contributed by atoms with Gasteiger partial charge in [-0.2, -0.15) is 0 Å². The first-order valence-electron chi connectivity index (χ1n) is 4.69. The topological polar surface area (TPSA) is 67.8 Å².